The van der Waals surface area contributed by atoms with Crippen LogP contribution in [0.5, 0.6) is 0 Å². The van der Waals surface area contributed by atoms with Crippen molar-refractivity contribution in [2.24, 2.45) is 0 Å². The van der Waals surface area contributed by atoms with E-state index in [1.165, 1.54) is 10.4 Å². The minimum atomic E-state index is 0.820. The molecule has 0 unspecified atom stereocenters. The van der Waals surface area contributed by atoms with Gasteiger partial charge in [-0.2, -0.15) is 0 Å². The van der Waals surface area contributed by atoms with E-state index in [-0.39, 0.29) is 0 Å². The lowest BCUT2D eigenvalue weighted by Gasteiger charge is -2.05. The summed E-state index contributed by atoms with van der Waals surface area (Å²) in [5.41, 5.74) is 4.26. The maximum atomic E-state index is 6.17. The molecule has 0 saturated carbocycles. The fourth-order valence-corrected chi connectivity index (χ4v) is 3.17. The van der Waals surface area contributed by atoms with Gasteiger partial charge in [0.05, 0.1) is 11.2 Å². The Morgan fingerprint density at radius 1 is 1.33 bits per heavy atom. The molecule has 2 aromatic heterocycles. The van der Waals surface area contributed by atoms with Crippen LogP contribution in [0.2, 0.25) is 5.02 Å². The third-order valence-corrected chi connectivity index (χ3v) is 4.51. The summed E-state index contributed by atoms with van der Waals surface area (Å²) in [6.45, 7) is 3.03. The average molecular weight is 277 g/mol. The van der Waals surface area contributed by atoms with Gasteiger partial charge in [0.25, 0.3) is 0 Å². The molecule has 0 amide bonds. The van der Waals surface area contributed by atoms with Gasteiger partial charge in [0, 0.05) is 40.0 Å². The number of halogens is 1. The van der Waals surface area contributed by atoms with E-state index in [9.17, 15) is 0 Å². The highest BCUT2D eigenvalue weighted by atomic mass is 35.5. The molecule has 0 N–H and O–H groups in total. The lowest BCUT2D eigenvalue weighted by molar-refractivity contribution is 0.726. The van der Waals surface area contributed by atoms with Crippen molar-refractivity contribution in [3.63, 3.8) is 0 Å². The molecule has 0 bridgehead atoms. The fraction of sp³-hybridized carbons (Fsp3) is 0.214. The molecule has 18 heavy (non-hydrogen) atoms. The van der Waals surface area contributed by atoms with Crippen molar-refractivity contribution >= 4 is 33.8 Å². The number of aryl methyl sites for hydroxylation is 3. The zero-order chi connectivity index (χ0) is 12.5. The van der Waals surface area contributed by atoms with Gasteiger partial charge in [-0.15, -0.1) is 11.3 Å². The van der Waals surface area contributed by atoms with Gasteiger partial charge in [0.2, 0.25) is 0 Å². The van der Waals surface area contributed by atoms with Crippen LogP contribution in [0.15, 0.2) is 36.0 Å². The molecule has 0 spiro atoms. The Morgan fingerprint density at radius 2 is 2.22 bits per heavy atom. The van der Waals surface area contributed by atoms with Crippen molar-refractivity contribution in [1.29, 1.82) is 0 Å². The predicted molar refractivity (Wildman–Crippen MR) is 77.5 cm³/mol. The Bertz CT molecular complexity index is 684. The third-order valence-electron chi connectivity index (χ3n) is 3.19. The van der Waals surface area contributed by atoms with Crippen molar-refractivity contribution in [2.75, 3.05) is 0 Å². The smallest absolute Gasteiger partial charge is 0.0797 e. The van der Waals surface area contributed by atoms with Crippen LogP contribution >= 0.6 is 22.9 Å². The Morgan fingerprint density at radius 3 is 3.00 bits per heavy atom. The molecule has 3 rings (SSSR count). The first-order valence-corrected chi connectivity index (χ1v) is 7.14. The van der Waals surface area contributed by atoms with Crippen LogP contribution in [0.25, 0.3) is 10.9 Å². The number of hydrogen-bond acceptors (Lipinski definition) is 2. The Hall–Kier alpha value is -1.32. The molecule has 0 atom stereocenters. The monoisotopic (exact) mass is 276 g/mol. The van der Waals surface area contributed by atoms with Gasteiger partial charge in [0.15, 0.2) is 0 Å². The number of hydrogen-bond donors (Lipinski definition) is 0. The maximum absolute atomic E-state index is 6.17. The Labute approximate surface area is 115 Å². The van der Waals surface area contributed by atoms with E-state index < -0.39 is 0 Å². The summed E-state index contributed by atoms with van der Waals surface area (Å²) in [5.74, 6) is 0. The first-order valence-electron chi connectivity index (χ1n) is 5.88. The average Bonchev–Trinajstić information content (AvgIpc) is 2.94. The van der Waals surface area contributed by atoms with Crippen molar-refractivity contribution in [3.8, 4) is 0 Å². The number of benzene rings is 1. The quantitative estimate of drug-likeness (QED) is 0.697. The van der Waals surface area contributed by atoms with E-state index in [4.69, 9.17) is 11.6 Å². The molecule has 0 radical (unpaired) electrons. The van der Waals surface area contributed by atoms with Gasteiger partial charge >= 0.3 is 0 Å². The van der Waals surface area contributed by atoms with Crippen LogP contribution in [-0.4, -0.2) is 9.55 Å². The largest absolute Gasteiger partial charge is 0.347 e. The van der Waals surface area contributed by atoms with Crippen LogP contribution in [0.4, 0.5) is 0 Å². The number of fused-ring (bicyclic) bond motifs is 1. The van der Waals surface area contributed by atoms with Gasteiger partial charge < -0.3 is 4.57 Å². The molecule has 0 aliphatic heterocycles. The molecule has 1 aromatic carbocycles. The lowest BCUT2D eigenvalue weighted by atomic mass is 10.2. The van der Waals surface area contributed by atoms with Crippen molar-refractivity contribution in [2.45, 2.75) is 19.9 Å². The molecule has 0 aliphatic rings. The van der Waals surface area contributed by atoms with Crippen LogP contribution in [-0.2, 0) is 13.0 Å². The van der Waals surface area contributed by atoms with Crippen LogP contribution < -0.4 is 0 Å². The summed E-state index contributed by atoms with van der Waals surface area (Å²) in [4.78, 5) is 5.64. The molecule has 92 valence electrons. The number of rotatable bonds is 3. The molecule has 2 nitrogen and oxygen atoms in total. The Balaban J connectivity index is 1.87. The summed E-state index contributed by atoms with van der Waals surface area (Å²) in [7, 11) is 0. The van der Waals surface area contributed by atoms with Gasteiger partial charge in [-0.05, 0) is 25.1 Å². The van der Waals surface area contributed by atoms with E-state index in [1.807, 2.05) is 17.6 Å². The maximum Gasteiger partial charge on any atom is 0.0797 e. The standard InChI is InChI=1S/C14H13ClN2S/c1-10-14(18-9-16-10)6-8-17-7-5-11-12(15)3-2-4-13(11)17/h2-5,7,9H,6,8H2,1H3. The topological polar surface area (TPSA) is 17.8 Å². The summed E-state index contributed by atoms with van der Waals surface area (Å²) in [6.07, 6.45) is 3.12. The van der Waals surface area contributed by atoms with Gasteiger partial charge in [-0.3, -0.25) is 0 Å². The third kappa shape index (κ3) is 2.04. The second-order valence-electron chi connectivity index (χ2n) is 4.29. The van der Waals surface area contributed by atoms with Crippen LogP contribution in [0, 0.1) is 6.92 Å². The first-order chi connectivity index (χ1) is 8.75. The zero-order valence-electron chi connectivity index (χ0n) is 10.1. The SMILES string of the molecule is Cc1ncsc1CCn1ccc2c(Cl)cccc21. The highest BCUT2D eigenvalue weighted by molar-refractivity contribution is 7.09. The summed E-state index contributed by atoms with van der Waals surface area (Å²) in [5, 5.41) is 1.94. The van der Waals surface area contributed by atoms with Crippen molar-refractivity contribution < 1.29 is 0 Å². The van der Waals surface area contributed by atoms with Gasteiger partial charge in [-0.25, -0.2) is 4.98 Å². The lowest BCUT2D eigenvalue weighted by Crippen LogP contribution is -1.99. The molecule has 4 heteroatoms. The molecular weight excluding hydrogens is 264 g/mol. The summed E-state index contributed by atoms with van der Waals surface area (Å²) in [6, 6.07) is 8.12. The van der Waals surface area contributed by atoms with Crippen molar-refractivity contribution in [1.82, 2.24) is 9.55 Å². The minimum absolute atomic E-state index is 0.820. The number of aromatic nitrogens is 2. The highest BCUT2D eigenvalue weighted by Gasteiger charge is 2.06. The molecule has 0 aliphatic carbocycles. The Kier molecular flexibility index (Phi) is 3.10. The van der Waals surface area contributed by atoms with E-state index in [0.29, 0.717) is 0 Å². The molecule has 0 saturated heterocycles. The van der Waals surface area contributed by atoms with E-state index in [0.717, 1.165) is 29.1 Å². The van der Waals surface area contributed by atoms with E-state index in [1.54, 1.807) is 11.3 Å². The summed E-state index contributed by atoms with van der Waals surface area (Å²) < 4.78 is 2.25. The van der Waals surface area contributed by atoms with E-state index >= 15 is 0 Å². The molecule has 0 fully saturated rings. The van der Waals surface area contributed by atoms with Crippen LogP contribution in [0.3, 0.4) is 0 Å². The normalized spacial score (nSPS) is 11.2. The van der Waals surface area contributed by atoms with Gasteiger partial charge in [0.1, 0.15) is 0 Å². The number of thiazole rings is 1. The zero-order valence-corrected chi connectivity index (χ0v) is 11.6. The highest BCUT2D eigenvalue weighted by Crippen LogP contribution is 2.24. The second-order valence-corrected chi connectivity index (χ2v) is 5.64. The molecule has 2 heterocycles. The van der Waals surface area contributed by atoms with E-state index in [2.05, 4.69) is 34.8 Å². The van der Waals surface area contributed by atoms with Crippen LogP contribution in [0.1, 0.15) is 10.6 Å². The van der Waals surface area contributed by atoms with Crippen molar-refractivity contribution in [3.05, 3.63) is 51.6 Å². The second kappa shape index (κ2) is 4.75. The molecule has 3 aromatic rings. The number of nitrogens with zero attached hydrogens (tertiary/aromatic N) is 2. The molecular formula is C14H13ClN2S. The first kappa shape index (κ1) is 11.8. The summed E-state index contributed by atoms with van der Waals surface area (Å²) >= 11 is 7.90. The fourth-order valence-electron chi connectivity index (χ4n) is 2.17. The van der Waals surface area contributed by atoms with Gasteiger partial charge in [-0.1, -0.05) is 17.7 Å². The predicted octanol–water partition coefficient (Wildman–Crippen LogP) is 4.30. The minimum Gasteiger partial charge on any atom is -0.347 e.